The van der Waals surface area contributed by atoms with Crippen molar-refractivity contribution in [3.8, 4) is 5.75 Å². The molecule has 0 bridgehead atoms. The van der Waals surface area contributed by atoms with E-state index in [9.17, 15) is 19.7 Å². The Morgan fingerprint density at radius 3 is 2.85 bits per heavy atom. The molecular weight excluding hydrogens is 352 g/mol. The van der Waals surface area contributed by atoms with Crippen LogP contribution in [-0.4, -0.2) is 30.0 Å². The van der Waals surface area contributed by atoms with Crippen molar-refractivity contribution in [1.82, 2.24) is 0 Å². The zero-order valence-electron chi connectivity index (χ0n) is 14.7. The van der Waals surface area contributed by atoms with Gasteiger partial charge in [0.2, 0.25) is 5.91 Å². The standard InChI is InChI=1S/C19H18N2O6/c1-13(14-5-4-6-15(11-14)21(24)25)27-19(23)12-20-16-7-2-3-8-17(16)26-10-9-18(20)22/h2-8,11,13H,9-10,12H2,1H3/t13-/m0/s1. The summed E-state index contributed by atoms with van der Waals surface area (Å²) in [7, 11) is 0. The Bertz CT molecular complexity index is 882. The first-order valence-electron chi connectivity index (χ1n) is 8.41. The van der Waals surface area contributed by atoms with Gasteiger partial charge in [0, 0.05) is 12.1 Å². The number of rotatable bonds is 5. The first kappa shape index (κ1) is 18.4. The molecule has 1 aliphatic heterocycles. The van der Waals surface area contributed by atoms with Gasteiger partial charge >= 0.3 is 5.97 Å². The van der Waals surface area contributed by atoms with Gasteiger partial charge in [0.05, 0.1) is 23.6 Å². The topological polar surface area (TPSA) is 99.0 Å². The molecule has 0 spiro atoms. The van der Waals surface area contributed by atoms with Crippen molar-refractivity contribution in [2.24, 2.45) is 0 Å². The summed E-state index contributed by atoms with van der Waals surface area (Å²) in [6, 6.07) is 12.9. The second-order valence-corrected chi connectivity index (χ2v) is 6.03. The molecule has 8 heteroatoms. The van der Waals surface area contributed by atoms with Gasteiger partial charge in [0.15, 0.2) is 0 Å². The minimum atomic E-state index is -0.689. The first-order chi connectivity index (χ1) is 13.0. The summed E-state index contributed by atoms with van der Waals surface area (Å²) < 4.78 is 10.9. The summed E-state index contributed by atoms with van der Waals surface area (Å²) in [5.74, 6) is -0.318. The minimum absolute atomic E-state index is 0.0795. The van der Waals surface area contributed by atoms with Gasteiger partial charge in [-0.15, -0.1) is 0 Å². The molecular formula is C19H18N2O6. The third-order valence-corrected chi connectivity index (χ3v) is 4.18. The van der Waals surface area contributed by atoms with Gasteiger partial charge in [0.25, 0.3) is 5.69 Å². The Kier molecular flexibility index (Phi) is 5.35. The van der Waals surface area contributed by atoms with Crippen LogP contribution in [0.4, 0.5) is 11.4 Å². The number of benzene rings is 2. The van der Waals surface area contributed by atoms with E-state index < -0.39 is 17.0 Å². The number of nitro groups is 1. The van der Waals surface area contributed by atoms with Crippen LogP contribution in [0.2, 0.25) is 0 Å². The fourth-order valence-corrected chi connectivity index (χ4v) is 2.82. The average molecular weight is 370 g/mol. The van der Waals surface area contributed by atoms with Crippen LogP contribution >= 0.6 is 0 Å². The van der Waals surface area contributed by atoms with Gasteiger partial charge in [-0.1, -0.05) is 24.3 Å². The Hall–Kier alpha value is -3.42. The third kappa shape index (κ3) is 4.22. The highest BCUT2D eigenvalue weighted by Gasteiger charge is 2.26. The summed E-state index contributed by atoms with van der Waals surface area (Å²) in [6.07, 6.45) is -0.534. The van der Waals surface area contributed by atoms with E-state index in [-0.39, 0.29) is 31.2 Å². The molecule has 0 N–H and O–H groups in total. The van der Waals surface area contributed by atoms with E-state index in [1.165, 1.54) is 23.1 Å². The molecule has 2 aromatic carbocycles. The molecule has 1 amide bonds. The predicted octanol–water partition coefficient (Wildman–Crippen LogP) is 3.01. The zero-order valence-corrected chi connectivity index (χ0v) is 14.7. The van der Waals surface area contributed by atoms with E-state index in [1.807, 2.05) is 0 Å². The number of esters is 1. The average Bonchev–Trinajstić information content (AvgIpc) is 2.81. The van der Waals surface area contributed by atoms with Crippen molar-refractivity contribution in [1.29, 1.82) is 0 Å². The molecule has 140 valence electrons. The number of fused-ring (bicyclic) bond motifs is 1. The van der Waals surface area contributed by atoms with Crippen molar-refractivity contribution in [3.63, 3.8) is 0 Å². The predicted molar refractivity (Wildman–Crippen MR) is 96.5 cm³/mol. The van der Waals surface area contributed by atoms with Crippen molar-refractivity contribution >= 4 is 23.3 Å². The van der Waals surface area contributed by atoms with Gasteiger partial charge in [-0.2, -0.15) is 0 Å². The largest absolute Gasteiger partial charge is 0.491 e. The number of nitrogens with zero attached hydrogens (tertiary/aromatic N) is 2. The molecule has 1 atom stereocenters. The summed E-state index contributed by atoms with van der Waals surface area (Å²) in [6.45, 7) is 1.60. The van der Waals surface area contributed by atoms with Crippen LogP contribution in [0.5, 0.6) is 5.75 Å². The fraction of sp³-hybridized carbons (Fsp3) is 0.263. The second kappa shape index (κ2) is 7.86. The van der Waals surface area contributed by atoms with Gasteiger partial charge in [-0.25, -0.2) is 0 Å². The van der Waals surface area contributed by atoms with Gasteiger partial charge < -0.3 is 9.47 Å². The summed E-state index contributed by atoms with van der Waals surface area (Å²) in [5.41, 5.74) is 0.938. The minimum Gasteiger partial charge on any atom is -0.491 e. The molecule has 0 unspecified atom stereocenters. The van der Waals surface area contributed by atoms with Crippen LogP contribution in [0, 0.1) is 10.1 Å². The highest BCUT2D eigenvalue weighted by Crippen LogP contribution is 2.31. The fourth-order valence-electron chi connectivity index (χ4n) is 2.82. The Morgan fingerprint density at radius 2 is 2.07 bits per heavy atom. The quantitative estimate of drug-likeness (QED) is 0.456. The van der Waals surface area contributed by atoms with Crippen LogP contribution in [0.15, 0.2) is 48.5 Å². The number of anilines is 1. The van der Waals surface area contributed by atoms with Gasteiger partial charge in [-0.3, -0.25) is 24.6 Å². The summed E-state index contributed by atoms with van der Waals surface area (Å²) >= 11 is 0. The van der Waals surface area contributed by atoms with Crippen LogP contribution in [0.1, 0.15) is 25.0 Å². The SMILES string of the molecule is C[C@H](OC(=O)CN1C(=O)CCOc2ccccc21)c1cccc([N+](=O)[O-])c1. The maximum Gasteiger partial charge on any atom is 0.326 e. The number of carbonyl (C=O) groups excluding carboxylic acids is 2. The van der Waals surface area contributed by atoms with Crippen molar-refractivity contribution in [2.45, 2.75) is 19.4 Å². The lowest BCUT2D eigenvalue weighted by atomic mass is 10.1. The molecule has 2 aromatic rings. The smallest absolute Gasteiger partial charge is 0.326 e. The van der Waals surface area contributed by atoms with E-state index >= 15 is 0 Å². The van der Waals surface area contributed by atoms with Gasteiger partial charge in [0.1, 0.15) is 18.4 Å². The lowest BCUT2D eigenvalue weighted by Gasteiger charge is -2.22. The van der Waals surface area contributed by atoms with E-state index in [2.05, 4.69) is 0 Å². The maximum absolute atomic E-state index is 12.4. The second-order valence-electron chi connectivity index (χ2n) is 6.03. The number of amides is 1. The molecule has 8 nitrogen and oxygen atoms in total. The van der Waals surface area contributed by atoms with Crippen LogP contribution in [0.3, 0.4) is 0 Å². The van der Waals surface area contributed by atoms with Crippen molar-refractivity contribution in [3.05, 3.63) is 64.2 Å². The number of ether oxygens (including phenoxy) is 2. The van der Waals surface area contributed by atoms with E-state index in [0.29, 0.717) is 17.0 Å². The molecule has 0 saturated carbocycles. The van der Waals surface area contributed by atoms with E-state index in [0.717, 1.165) is 0 Å². The molecule has 1 heterocycles. The lowest BCUT2D eigenvalue weighted by molar-refractivity contribution is -0.385. The number of carbonyl (C=O) groups is 2. The molecule has 0 aliphatic carbocycles. The lowest BCUT2D eigenvalue weighted by Crippen LogP contribution is -2.36. The monoisotopic (exact) mass is 370 g/mol. The van der Waals surface area contributed by atoms with E-state index in [1.54, 1.807) is 37.3 Å². The molecule has 27 heavy (non-hydrogen) atoms. The highest BCUT2D eigenvalue weighted by atomic mass is 16.6. The zero-order chi connectivity index (χ0) is 19.4. The number of hydrogen-bond donors (Lipinski definition) is 0. The molecule has 0 radical (unpaired) electrons. The van der Waals surface area contributed by atoms with E-state index in [4.69, 9.17) is 9.47 Å². The Balaban J connectivity index is 1.72. The van der Waals surface area contributed by atoms with Crippen molar-refractivity contribution in [2.75, 3.05) is 18.1 Å². The molecule has 0 fully saturated rings. The Morgan fingerprint density at radius 1 is 1.30 bits per heavy atom. The number of nitro benzene ring substituents is 1. The molecule has 0 saturated heterocycles. The maximum atomic E-state index is 12.4. The highest BCUT2D eigenvalue weighted by molar-refractivity contribution is 5.99. The number of hydrogen-bond acceptors (Lipinski definition) is 6. The normalized spacial score (nSPS) is 14.6. The van der Waals surface area contributed by atoms with Crippen LogP contribution in [0.25, 0.3) is 0 Å². The van der Waals surface area contributed by atoms with Crippen LogP contribution in [-0.2, 0) is 14.3 Å². The molecule has 3 rings (SSSR count). The summed E-state index contributed by atoms with van der Waals surface area (Å²) in [5, 5.41) is 10.9. The van der Waals surface area contributed by atoms with Crippen LogP contribution < -0.4 is 9.64 Å². The first-order valence-corrected chi connectivity index (χ1v) is 8.41. The number of para-hydroxylation sites is 2. The van der Waals surface area contributed by atoms with Gasteiger partial charge in [-0.05, 0) is 24.6 Å². The Labute approximate surface area is 155 Å². The third-order valence-electron chi connectivity index (χ3n) is 4.18. The molecule has 1 aliphatic rings. The number of non-ortho nitro benzene ring substituents is 1. The summed E-state index contributed by atoms with van der Waals surface area (Å²) in [4.78, 5) is 36.5. The molecule has 0 aromatic heterocycles. The van der Waals surface area contributed by atoms with Crippen molar-refractivity contribution < 1.29 is 24.0 Å².